The topological polar surface area (TPSA) is 58.2 Å². The molecule has 126 valence electrons. The number of nitrogens with zero attached hydrogens (tertiary/aromatic N) is 2. The number of H-pyrrole nitrogens is 1. The van der Waals surface area contributed by atoms with E-state index < -0.39 is 0 Å². The number of benzene rings is 2. The van der Waals surface area contributed by atoms with Crippen molar-refractivity contribution in [2.45, 2.75) is 6.54 Å². The summed E-state index contributed by atoms with van der Waals surface area (Å²) in [6.45, 7) is 1.43. The van der Waals surface area contributed by atoms with Crippen LogP contribution in [0.25, 0.3) is 11.3 Å². The molecule has 3 aromatic rings. The first kappa shape index (κ1) is 15.4. The molecule has 0 radical (unpaired) electrons. The first-order valence-electron chi connectivity index (χ1n) is 8.02. The molecule has 25 heavy (non-hydrogen) atoms. The lowest BCUT2D eigenvalue weighted by molar-refractivity contribution is 0.0727. The van der Waals surface area contributed by atoms with Crippen LogP contribution in [0.15, 0.2) is 54.6 Å². The molecule has 2 aromatic carbocycles. The van der Waals surface area contributed by atoms with Crippen LogP contribution in [-0.2, 0) is 6.54 Å². The van der Waals surface area contributed by atoms with Crippen LogP contribution >= 0.6 is 0 Å². The van der Waals surface area contributed by atoms with Gasteiger partial charge in [0.1, 0.15) is 23.9 Å². The monoisotopic (exact) mass is 337 g/mol. The number of amides is 1. The molecular formula is C19H16FN3O2. The summed E-state index contributed by atoms with van der Waals surface area (Å²) in [4.78, 5) is 14.5. The van der Waals surface area contributed by atoms with Crippen molar-refractivity contribution in [3.63, 3.8) is 0 Å². The summed E-state index contributed by atoms with van der Waals surface area (Å²) in [7, 11) is 0. The smallest absolute Gasteiger partial charge is 0.272 e. The molecule has 1 aliphatic heterocycles. The van der Waals surface area contributed by atoms with Crippen molar-refractivity contribution in [1.29, 1.82) is 0 Å². The molecule has 1 amide bonds. The number of rotatable bonds is 2. The van der Waals surface area contributed by atoms with Gasteiger partial charge in [-0.25, -0.2) is 4.39 Å². The molecule has 1 aromatic heterocycles. The lowest BCUT2D eigenvalue weighted by Gasteiger charge is -2.18. The number of aromatic amines is 1. The van der Waals surface area contributed by atoms with Gasteiger partial charge in [0.2, 0.25) is 0 Å². The second-order valence-corrected chi connectivity index (χ2v) is 5.86. The third kappa shape index (κ3) is 3.10. The summed E-state index contributed by atoms with van der Waals surface area (Å²) in [6.07, 6.45) is 0. The Bertz CT molecular complexity index is 905. The third-order valence-corrected chi connectivity index (χ3v) is 4.19. The Morgan fingerprint density at radius 3 is 2.80 bits per heavy atom. The van der Waals surface area contributed by atoms with Gasteiger partial charge in [0, 0.05) is 17.7 Å². The van der Waals surface area contributed by atoms with Gasteiger partial charge in [0.15, 0.2) is 0 Å². The van der Waals surface area contributed by atoms with Crippen molar-refractivity contribution < 1.29 is 13.9 Å². The molecule has 0 spiro atoms. The fraction of sp³-hybridized carbons (Fsp3) is 0.158. The highest BCUT2D eigenvalue weighted by Crippen LogP contribution is 2.24. The van der Waals surface area contributed by atoms with Crippen molar-refractivity contribution in [2.75, 3.05) is 13.2 Å². The van der Waals surface area contributed by atoms with Gasteiger partial charge in [-0.3, -0.25) is 9.89 Å². The maximum atomic E-state index is 13.0. The van der Waals surface area contributed by atoms with E-state index in [9.17, 15) is 9.18 Å². The lowest BCUT2D eigenvalue weighted by Crippen LogP contribution is -2.32. The van der Waals surface area contributed by atoms with Gasteiger partial charge in [-0.15, -0.1) is 0 Å². The summed E-state index contributed by atoms with van der Waals surface area (Å²) in [5, 5.41) is 6.96. The molecule has 6 heteroatoms. The summed E-state index contributed by atoms with van der Waals surface area (Å²) in [5.41, 5.74) is 2.74. The summed E-state index contributed by atoms with van der Waals surface area (Å²) >= 11 is 0. The fourth-order valence-electron chi connectivity index (χ4n) is 2.87. The molecule has 4 rings (SSSR count). The van der Waals surface area contributed by atoms with Crippen molar-refractivity contribution in [3.8, 4) is 17.0 Å². The van der Waals surface area contributed by atoms with Gasteiger partial charge in [0.25, 0.3) is 5.91 Å². The Morgan fingerprint density at radius 2 is 1.96 bits per heavy atom. The maximum absolute atomic E-state index is 13.0. The second-order valence-electron chi connectivity index (χ2n) is 5.86. The predicted octanol–water partition coefficient (Wildman–Crippen LogP) is 3.25. The van der Waals surface area contributed by atoms with Gasteiger partial charge in [-0.2, -0.15) is 5.10 Å². The Hall–Kier alpha value is -3.15. The quantitative estimate of drug-likeness (QED) is 0.781. The van der Waals surface area contributed by atoms with Crippen LogP contribution in [0.3, 0.4) is 0 Å². The number of aromatic nitrogens is 2. The number of ether oxygens (including phenoxy) is 1. The summed E-state index contributed by atoms with van der Waals surface area (Å²) in [5.74, 6) is 0.370. The van der Waals surface area contributed by atoms with Crippen LogP contribution < -0.4 is 4.74 Å². The average molecular weight is 337 g/mol. The molecule has 0 saturated carbocycles. The van der Waals surface area contributed by atoms with Crippen molar-refractivity contribution in [2.24, 2.45) is 0 Å². The maximum Gasteiger partial charge on any atom is 0.272 e. The zero-order valence-electron chi connectivity index (χ0n) is 13.4. The van der Waals surface area contributed by atoms with Gasteiger partial charge >= 0.3 is 0 Å². The van der Waals surface area contributed by atoms with Gasteiger partial charge in [0.05, 0.1) is 12.2 Å². The van der Waals surface area contributed by atoms with Crippen LogP contribution in [0.1, 0.15) is 16.1 Å². The zero-order valence-corrected chi connectivity index (χ0v) is 13.4. The van der Waals surface area contributed by atoms with Crippen molar-refractivity contribution >= 4 is 5.91 Å². The number of hydrogen-bond acceptors (Lipinski definition) is 3. The van der Waals surface area contributed by atoms with E-state index in [1.165, 1.54) is 12.1 Å². The number of fused-ring (bicyclic) bond motifs is 1. The number of nitrogens with one attached hydrogen (secondary N) is 1. The normalized spacial score (nSPS) is 13.7. The Kier molecular flexibility index (Phi) is 3.93. The standard InChI is InChI=1S/C19H16FN3O2/c20-15-7-5-13(6-8-15)16-11-17(22-21-16)19(24)23-9-10-25-18-4-2-1-3-14(18)12-23/h1-8,11H,9-10,12H2,(H,21,22). The summed E-state index contributed by atoms with van der Waals surface area (Å²) in [6, 6.07) is 15.4. The van der Waals surface area contributed by atoms with E-state index in [-0.39, 0.29) is 11.7 Å². The molecule has 0 aliphatic carbocycles. The molecule has 2 heterocycles. The highest BCUT2D eigenvalue weighted by Gasteiger charge is 2.22. The highest BCUT2D eigenvalue weighted by atomic mass is 19.1. The number of halogens is 1. The zero-order chi connectivity index (χ0) is 17.2. The summed E-state index contributed by atoms with van der Waals surface area (Å²) < 4.78 is 18.7. The molecule has 1 N–H and O–H groups in total. The van der Waals surface area contributed by atoms with Crippen LogP contribution in [0.2, 0.25) is 0 Å². The first-order chi connectivity index (χ1) is 12.2. The minimum atomic E-state index is -0.307. The van der Waals surface area contributed by atoms with Crippen molar-refractivity contribution in [1.82, 2.24) is 15.1 Å². The molecular weight excluding hydrogens is 321 g/mol. The molecule has 1 aliphatic rings. The van der Waals surface area contributed by atoms with E-state index in [0.717, 1.165) is 16.9 Å². The molecule has 0 fully saturated rings. The van der Waals surface area contributed by atoms with Gasteiger partial charge in [-0.05, 0) is 36.4 Å². The Balaban J connectivity index is 1.56. The fourth-order valence-corrected chi connectivity index (χ4v) is 2.87. The molecule has 0 bridgehead atoms. The van der Waals surface area contributed by atoms with E-state index >= 15 is 0 Å². The average Bonchev–Trinajstić information content (AvgIpc) is 3.02. The Labute approximate surface area is 144 Å². The van der Waals surface area contributed by atoms with Crippen LogP contribution in [0.4, 0.5) is 4.39 Å². The number of carbonyl (C=O) groups is 1. The highest BCUT2D eigenvalue weighted by molar-refractivity contribution is 5.93. The largest absolute Gasteiger partial charge is 0.491 e. The van der Waals surface area contributed by atoms with E-state index in [1.807, 2.05) is 24.3 Å². The third-order valence-electron chi connectivity index (χ3n) is 4.19. The van der Waals surface area contributed by atoms with E-state index in [0.29, 0.717) is 31.1 Å². The molecule has 0 unspecified atom stereocenters. The van der Waals surface area contributed by atoms with Crippen LogP contribution in [0, 0.1) is 5.82 Å². The lowest BCUT2D eigenvalue weighted by atomic mass is 10.1. The first-order valence-corrected chi connectivity index (χ1v) is 8.02. The molecule has 0 saturated heterocycles. The minimum absolute atomic E-state index is 0.138. The number of carbonyl (C=O) groups excluding carboxylic acids is 1. The minimum Gasteiger partial charge on any atom is -0.491 e. The number of para-hydroxylation sites is 1. The SMILES string of the molecule is O=C(c1cc(-c2ccc(F)cc2)n[nH]1)N1CCOc2ccccc2C1. The van der Waals surface area contributed by atoms with E-state index in [2.05, 4.69) is 10.2 Å². The second kappa shape index (κ2) is 6.39. The predicted molar refractivity (Wildman–Crippen MR) is 90.7 cm³/mol. The van der Waals surface area contributed by atoms with Gasteiger partial charge in [-0.1, -0.05) is 18.2 Å². The van der Waals surface area contributed by atoms with Crippen LogP contribution in [0.5, 0.6) is 5.75 Å². The van der Waals surface area contributed by atoms with Gasteiger partial charge < -0.3 is 9.64 Å². The molecule has 5 nitrogen and oxygen atoms in total. The van der Waals surface area contributed by atoms with Crippen molar-refractivity contribution in [3.05, 3.63) is 71.7 Å². The van der Waals surface area contributed by atoms with E-state index in [1.54, 1.807) is 23.1 Å². The van der Waals surface area contributed by atoms with E-state index in [4.69, 9.17) is 4.74 Å². The number of hydrogen-bond donors (Lipinski definition) is 1. The Morgan fingerprint density at radius 1 is 1.16 bits per heavy atom. The van der Waals surface area contributed by atoms with Crippen LogP contribution in [-0.4, -0.2) is 34.2 Å². The molecule has 0 atom stereocenters.